The van der Waals surface area contributed by atoms with Gasteiger partial charge in [0.2, 0.25) is 0 Å². The smallest absolute Gasteiger partial charge is 0.254 e. The zero-order valence-corrected chi connectivity index (χ0v) is 8.64. The van der Waals surface area contributed by atoms with Crippen molar-refractivity contribution in [1.29, 1.82) is 0 Å². The maximum absolute atomic E-state index is 11.8. The van der Waals surface area contributed by atoms with E-state index in [1.807, 2.05) is 5.32 Å². The summed E-state index contributed by atoms with van der Waals surface area (Å²) in [5, 5.41) is 5.30. The van der Waals surface area contributed by atoms with E-state index in [0.717, 1.165) is 12.8 Å². The van der Waals surface area contributed by atoms with Gasteiger partial charge in [-0.25, -0.2) is 4.98 Å². The van der Waals surface area contributed by atoms with Crippen LogP contribution < -0.4 is 10.6 Å². The van der Waals surface area contributed by atoms with Crippen LogP contribution in [-0.4, -0.2) is 23.9 Å². The van der Waals surface area contributed by atoms with Crippen LogP contribution in [0.2, 0.25) is 5.15 Å². The maximum Gasteiger partial charge on any atom is 0.254 e. The molecule has 0 unspecified atom stereocenters. The molecule has 0 radical (unpaired) electrons. The Hall–Kier alpha value is -1.29. The van der Waals surface area contributed by atoms with Gasteiger partial charge >= 0.3 is 0 Å². The largest absolute Gasteiger partial charge is 0.382 e. The number of rotatable bonds is 3. The van der Waals surface area contributed by atoms with Gasteiger partial charge in [-0.2, -0.15) is 0 Å². The highest BCUT2D eigenvalue weighted by Gasteiger charge is 2.23. The molecule has 5 heteroatoms. The molecule has 1 aromatic heterocycles. The topological polar surface area (TPSA) is 54.0 Å². The van der Waals surface area contributed by atoms with Crippen LogP contribution in [0.4, 0.5) is 5.69 Å². The molecule has 15 heavy (non-hydrogen) atoms. The first kappa shape index (κ1) is 7.06. The predicted octanol–water partition coefficient (Wildman–Crippen LogP) is 1.67. The fraction of sp³-hybridized carbons (Fsp3) is 0.400. The van der Waals surface area contributed by atoms with Crippen LogP contribution in [0.25, 0.3) is 0 Å². The summed E-state index contributed by atoms with van der Waals surface area (Å²) < 4.78 is 21.0. The van der Waals surface area contributed by atoms with Crippen LogP contribution in [0, 0.1) is 0 Å². The molecule has 1 saturated carbocycles. The fourth-order valence-corrected chi connectivity index (χ4v) is 1.40. The van der Waals surface area contributed by atoms with Crippen molar-refractivity contribution in [1.82, 2.24) is 10.3 Å². The summed E-state index contributed by atoms with van der Waals surface area (Å²) in [6.45, 7) is -2.52. The number of carbonyl (C=O) groups excluding carboxylic acids is 1. The lowest BCUT2D eigenvalue weighted by Gasteiger charge is -2.09. The third-order valence-corrected chi connectivity index (χ3v) is 2.37. The predicted molar refractivity (Wildman–Crippen MR) is 59.3 cm³/mol. The highest BCUT2D eigenvalue weighted by molar-refractivity contribution is 6.29. The molecule has 1 heterocycles. The molecule has 2 rings (SSSR count). The van der Waals surface area contributed by atoms with Crippen molar-refractivity contribution in [2.24, 2.45) is 0 Å². The molecule has 1 fully saturated rings. The molecule has 0 aliphatic heterocycles. The Bertz CT molecular complexity index is 474. The molecule has 0 spiro atoms. The number of aromatic nitrogens is 1. The van der Waals surface area contributed by atoms with E-state index < -0.39 is 12.9 Å². The lowest BCUT2D eigenvalue weighted by Crippen LogP contribution is -2.20. The van der Waals surface area contributed by atoms with Gasteiger partial charge in [0.05, 0.1) is 11.3 Å². The Morgan fingerprint density at radius 3 is 3.20 bits per heavy atom. The molecule has 80 valence electrons. The Kier molecular flexibility index (Phi) is 1.91. The summed E-state index contributed by atoms with van der Waals surface area (Å²) in [5.41, 5.74) is 0.696. The number of carbonyl (C=O) groups is 1. The number of hydrogen-bond donors (Lipinski definition) is 2. The van der Waals surface area contributed by atoms with Crippen molar-refractivity contribution >= 4 is 23.2 Å². The van der Waals surface area contributed by atoms with E-state index in [4.69, 9.17) is 15.7 Å². The molecule has 1 aromatic rings. The van der Waals surface area contributed by atoms with Gasteiger partial charge in [0, 0.05) is 23.3 Å². The molecule has 0 aromatic carbocycles. The molecule has 1 amide bonds. The zero-order valence-electron chi connectivity index (χ0n) is 10.9. The minimum absolute atomic E-state index is 0.183. The van der Waals surface area contributed by atoms with Gasteiger partial charge in [-0.15, -0.1) is 0 Å². The lowest BCUT2D eigenvalue weighted by atomic mass is 10.2. The normalized spacial score (nSPS) is 18.6. The van der Waals surface area contributed by atoms with E-state index in [9.17, 15) is 4.79 Å². The highest BCUT2D eigenvalue weighted by Crippen LogP contribution is 2.27. The number of hydrogen-bond acceptors (Lipinski definition) is 3. The molecule has 0 bridgehead atoms. The minimum Gasteiger partial charge on any atom is -0.382 e. The zero-order chi connectivity index (χ0) is 13.3. The standard InChI is InChI=1S/C10H12ClN3O/c1-12-10(15)7-5-13-9(11)4-8(7)14-6-2-3-6/h4-6H,2-3H2,1H3,(H,12,15)(H,13,14)/i1D3. The van der Waals surface area contributed by atoms with Gasteiger partial charge in [0.25, 0.3) is 5.91 Å². The average molecular weight is 229 g/mol. The number of halogens is 1. The second-order valence-electron chi connectivity index (χ2n) is 3.43. The van der Waals surface area contributed by atoms with Crippen LogP contribution in [-0.2, 0) is 0 Å². The summed E-state index contributed by atoms with van der Waals surface area (Å²) in [7, 11) is 0. The number of amides is 1. The van der Waals surface area contributed by atoms with Crippen molar-refractivity contribution in [3.05, 3.63) is 23.0 Å². The van der Waals surface area contributed by atoms with E-state index in [1.165, 1.54) is 12.3 Å². The van der Waals surface area contributed by atoms with Crippen molar-refractivity contribution in [3.8, 4) is 0 Å². The second kappa shape index (κ2) is 4.06. The molecule has 1 aliphatic rings. The van der Waals surface area contributed by atoms with Crippen LogP contribution >= 0.6 is 11.6 Å². The van der Waals surface area contributed by atoms with E-state index in [-0.39, 0.29) is 10.7 Å². The Morgan fingerprint density at radius 1 is 1.73 bits per heavy atom. The van der Waals surface area contributed by atoms with Crippen LogP contribution in [0.3, 0.4) is 0 Å². The summed E-state index contributed by atoms with van der Waals surface area (Å²) in [6.07, 6.45) is 3.33. The number of anilines is 1. The third kappa shape index (κ3) is 2.39. The molecule has 1 aliphatic carbocycles. The second-order valence-corrected chi connectivity index (χ2v) is 3.81. The summed E-state index contributed by atoms with van der Waals surface area (Å²) >= 11 is 5.76. The van der Waals surface area contributed by atoms with Crippen LogP contribution in [0.15, 0.2) is 12.3 Å². The Labute approximate surface area is 97.2 Å². The van der Waals surface area contributed by atoms with Gasteiger partial charge in [-0.3, -0.25) is 4.79 Å². The average Bonchev–Trinajstić information content (AvgIpc) is 2.98. The molecule has 0 saturated heterocycles. The van der Waals surface area contributed by atoms with Crippen molar-refractivity contribution in [3.63, 3.8) is 0 Å². The summed E-state index contributed by atoms with van der Waals surface area (Å²) in [5.74, 6) is -0.692. The number of pyridine rings is 1. The molecule has 0 atom stereocenters. The Morgan fingerprint density at radius 2 is 2.53 bits per heavy atom. The van der Waals surface area contributed by atoms with E-state index in [2.05, 4.69) is 10.3 Å². The molecular formula is C10H12ClN3O. The summed E-state index contributed by atoms with van der Waals surface area (Å²) in [4.78, 5) is 15.6. The molecule has 4 nitrogen and oxygen atoms in total. The minimum atomic E-state index is -2.52. The van der Waals surface area contributed by atoms with Crippen molar-refractivity contribution in [2.75, 3.05) is 12.3 Å². The SMILES string of the molecule is [2H]C([2H])([2H])NC(=O)c1cnc(Cl)cc1NC1CC1. The van der Waals surface area contributed by atoms with Gasteiger partial charge < -0.3 is 10.6 Å². The van der Waals surface area contributed by atoms with E-state index in [0.29, 0.717) is 11.7 Å². The van der Waals surface area contributed by atoms with Crippen molar-refractivity contribution in [2.45, 2.75) is 18.9 Å². The summed E-state index contributed by atoms with van der Waals surface area (Å²) in [6, 6.07) is 1.84. The van der Waals surface area contributed by atoms with Gasteiger partial charge in [0.15, 0.2) is 0 Å². The van der Waals surface area contributed by atoms with Gasteiger partial charge in [-0.05, 0) is 18.9 Å². The number of nitrogens with zero attached hydrogens (tertiary/aromatic N) is 1. The lowest BCUT2D eigenvalue weighted by molar-refractivity contribution is 0.0963. The van der Waals surface area contributed by atoms with E-state index in [1.54, 1.807) is 0 Å². The Balaban J connectivity index is 2.22. The monoisotopic (exact) mass is 228 g/mol. The van der Waals surface area contributed by atoms with Gasteiger partial charge in [-0.1, -0.05) is 11.6 Å². The van der Waals surface area contributed by atoms with Crippen LogP contribution in [0.1, 0.15) is 27.3 Å². The highest BCUT2D eigenvalue weighted by atomic mass is 35.5. The first-order chi connectivity index (χ1) is 8.35. The van der Waals surface area contributed by atoms with E-state index >= 15 is 0 Å². The molecule has 2 N–H and O–H groups in total. The first-order valence-corrected chi connectivity index (χ1v) is 4.97. The maximum atomic E-state index is 11.8. The van der Waals surface area contributed by atoms with Crippen molar-refractivity contribution < 1.29 is 8.91 Å². The fourth-order valence-electron chi connectivity index (χ4n) is 1.25. The first-order valence-electron chi connectivity index (χ1n) is 6.10. The quantitative estimate of drug-likeness (QED) is 0.774. The third-order valence-electron chi connectivity index (χ3n) is 2.17. The number of nitrogens with one attached hydrogen (secondary N) is 2. The van der Waals surface area contributed by atoms with Crippen LogP contribution in [0.5, 0.6) is 0 Å². The molecular weight excluding hydrogens is 214 g/mol. The van der Waals surface area contributed by atoms with Gasteiger partial charge in [0.1, 0.15) is 5.15 Å².